The summed E-state index contributed by atoms with van der Waals surface area (Å²) in [4.78, 5) is 21.4. The fourth-order valence-corrected chi connectivity index (χ4v) is 4.26. The number of hydrogen-bond acceptors (Lipinski definition) is 7. The van der Waals surface area contributed by atoms with Gasteiger partial charge in [0, 0.05) is 31.7 Å². The van der Waals surface area contributed by atoms with Gasteiger partial charge in [-0.1, -0.05) is 6.92 Å². The molecule has 0 spiro atoms. The van der Waals surface area contributed by atoms with Gasteiger partial charge in [0.05, 0.1) is 33.1 Å². The van der Waals surface area contributed by atoms with Gasteiger partial charge in [0.25, 0.3) is 5.91 Å². The Hall–Kier alpha value is -2.06. The minimum Gasteiger partial charge on any atom is -0.351 e. The van der Waals surface area contributed by atoms with Crippen LogP contribution >= 0.6 is 23.1 Å². The van der Waals surface area contributed by atoms with Gasteiger partial charge < -0.3 is 9.80 Å². The van der Waals surface area contributed by atoms with Crippen LogP contribution in [-0.2, 0) is 6.42 Å². The first-order valence-corrected chi connectivity index (χ1v) is 9.50. The molecular weight excluding hydrogens is 342 g/mol. The van der Waals surface area contributed by atoms with E-state index >= 15 is 0 Å². The van der Waals surface area contributed by atoms with E-state index in [1.807, 2.05) is 23.1 Å². The zero-order chi connectivity index (χ0) is 16.5. The number of piperazine rings is 1. The fraction of sp³-hybridized carbons (Fsp3) is 0.375. The van der Waals surface area contributed by atoms with E-state index in [-0.39, 0.29) is 5.91 Å². The molecule has 0 N–H and O–H groups in total. The van der Waals surface area contributed by atoms with E-state index in [2.05, 4.69) is 25.6 Å². The van der Waals surface area contributed by atoms with E-state index in [0.717, 1.165) is 46.1 Å². The molecule has 1 fully saturated rings. The highest BCUT2D eigenvalue weighted by Gasteiger charge is 2.23. The van der Waals surface area contributed by atoms with Crippen molar-refractivity contribution in [2.75, 3.05) is 31.1 Å². The quantitative estimate of drug-likeness (QED) is 0.719. The zero-order valence-corrected chi connectivity index (χ0v) is 14.9. The first kappa shape index (κ1) is 15.5. The van der Waals surface area contributed by atoms with Crippen LogP contribution in [0, 0.1) is 0 Å². The van der Waals surface area contributed by atoms with E-state index in [9.17, 15) is 4.79 Å². The van der Waals surface area contributed by atoms with Crippen molar-refractivity contribution in [1.29, 1.82) is 0 Å². The van der Waals surface area contributed by atoms with Crippen LogP contribution in [-0.4, -0.2) is 50.7 Å². The number of fused-ring (bicyclic) bond motifs is 1. The first-order valence-electron chi connectivity index (χ1n) is 7.96. The molecule has 6 nitrogen and oxygen atoms in total. The Morgan fingerprint density at radius 3 is 2.79 bits per heavy atom. The molecular formula is C16H17N5OS2. The molecule has 1 aliphatic heterocycles. The smallest absolute Gasteiger partial charge is 0.254 e. The van der Waals surface area contributed by atoms with Crippen molar-refractivity contribution in [2.45, 2.75) is 13.3 Å². The Balaban J connectivity index is 1.48. The van der Waals surface area contributed by atoms with Crippen LogP contribution in [0.4, 0.5) is 5.82 Å². The summed E-state index contributed by atoms with van der Waals surface area (Å²) in [6, 6.07) is 5.82. The third-order valence-electron chi connectivity index (χ3n) is 4.22. The number of rotatable bonds is 3. The van der Waals surface area contributed by atoms with Gasteiger partial charge in [0.1, 0.15) is 0 Å². The van der Waals surface area contributed by atoms with Gasteiger partial charge in [-0.25, -0.2) is 4.98 Å². The summed E-state index contributed by atoms with van der Waals surface area (Å²) in [7, 11) is 0. The van der Waals surface area contributed by atoms with Crippen molar-refractivity contribution in [2.24, 2.45) is 0 Å². The molecule has 0 radical (unpaired) electrons. The molecule has 0 saturated carbocycles. The predicted octanol–water partition coefficient (Wildman–Crippen LogP) is 2.67. The molecule has 8 heteroatoms. The second-order valence-electron chi connectivity index (χ2n) is 5.69. The number of carbonyl (C=O) groups is 1. The van der Waals surface area contributed by atoms with E-state index in [1.54, 1.807) is 17.5 Å². The van der Waals surface area contributed by atoms with Crippen molar-refractivity contribution in [3.8, 4) is 0 Å². The largest absolute Gasteiger partial charge is 0.351 e. The van der Waals surface area contributed by atoms with Crippen LogP contribution < -0.4 is 4.90 Å². The van der Waals surface area contributed by atoms with Crippen LogP contribution in [0.2, 0.25) is 0 Å². The van der Waals surface area contributed by atoms with Gasteiger partial charge in [-0.05, 0) is 24.6 Å². The first-order chi connectivity index (χ1) is 11.7. The van der Waals surface area contributed by atoms with Gasteiger partial charge in [-0.2, -0.15) is 8.75 Å². The van der Waals surface area contributed by atoms with Crippen LogP contribution in [0.3, 0.4) is 0 Å². The number of nitrogens with zero attached hydrogens (tertiary/aromatic N) is 5. The normalized spacial score (nSPS) is 15.2. The average molecular weight is 359 g/mol. The van der Waals surface area contributed by atoms with Gasteiger partial charge in [-0.15, -0.1) is 11.3 Å². The van der Waals surface area contributed by atoms with E-state index < -0.39 is 0 Å². The maximum absolute atomic E-state index is 12.8. The predicted molar refractivity (Wildman–Crippen MR) is 97.0 cm³/mol. The number of aryl methyl sites for hydroxylation is 1. The molecule has 4 rings (SSSR count). The number of aromatic nitrogens is 3. The number of benzene rings is 1. The number of thiazole rings is 1. The van der Waals surface area contributed by atoms with Crippen molar-refractivity contribution < 1.29 is 4.79 Å². The number of amides is 1. The van der Waals surface area contributed by atoms with Gasteiger partial charge in [0.15, 0.2) is 5.82 Å². The number of hydrogen-bond donors (Lipinski definition) is 0. The minimum absolute atomic E-state index is 0.0967. The lowest BCUT2D eigenvalue weighted by Crippen LogP contribution is -2.48. The molecule has 0 unspecified atom stereocenters. The Labute approximate surface area is 148 Å². The van der Waals surface area contributed by atoms with Crippen LogP contribution in [0.15, 0.2) is 24.4 Å². The Kier molecular flexibility index (Phi) is 4.15. The van der Waals surface area contributed by atoms with Gasteiger partial charge in [0.2, 0.25) is 0 Å². The molecule has 3 heterocycles. The summed E-state index contributed by atoms with van der Waals surface area (Å²) in [6.45, 7) is 5.09. The van der Waals surface area contributed by atoms with Crippen LogP contribution in [0.25, 0.3) is 10.2 Å². The standard InChI is InChI=1S/C16H17N5OS2/c1-2-15-18-12-4-3-11(9-13(12)23-15)16(22)21-7-5-20(6-8-21)14-10-17-24-19-14/h3-4,9-10H,2,5-8H2,1H3. The SMILES string of the molecule is CCc1nc2ccc(C(=O)N3CCN(c4cnsn4)CC3)cc2s1. The molecule has 1 saturated heterocycles. The molecule has 3 aromatic rings. The van der Waals surface area contributed by atoms with Crippen molar-refractivity contribution in [3.05, 3.63) is 35.0 Å². The monoisotopic (exact) mass is 359 g/mol. The van der Waals surface area contributed by atoms with E-state index in [4.69, 9.17) is 0 Å². The zero-order valence-electron chi connectivity index (χ0n) is 13.3. The van der Waals surface area contributed by atoms with E-state index in [1.165, 1.54) is 11.7 Å². The van der Waals surface area contributed by atoms with Crippen molar-refractivity contribution >= 4 is 45.0 Å². The lowest BCUT2D eigenvalue weighted by atomic mass is 10.1. The van der Waals surface area contributed by atoms with Gasteiger partial charge in [-0.3, -0.25) is 4.79 Å². The minimum atomic E-state index is 0.0967. The second-order valence-corrected chi connectivity index (χ2v) is 7.36. The lowest BCUT2D eigenvalue weighted by Gasteiger charge is -2.34. The van der Waals surface area contributed by atoms with Crippen LogP contribution in [0.1, 0.15) is 22.3 Å². The molecule has 24 heavy (non-hydrogen) atoms. The summed E-state index contributed by atoms with van der Waals surface area (Å²) in [5.74, 6) is 1.00. The molecule has 0 bridgehead atoms. The summed E-state index contributed by atoms with van der Waals surface area (Å²) in [5, 5.41) is 1.11. The third-order valence-corrected chi connectivity index (χ3v) is 5.85. The summed E-state index contributed by atoms with van der Waals surface area (Å²) >= 11 is 2.89. The maximum Gasteiger partial charge on any atom is 0.254 e. The molecule has 1 amide bonds. The van der Waals surface area contributed by atoms with Crippen molar-refractivity contribution in [3.63, 3.8) is 0 Å². The lowest BCUT2D eigenvalue weighted by molar-refractivity contribution is 0.0747. The van der Waals surface area contributed by atoms with E-state index in [0.29, 0.717) is 13.1 Å². The highest BCUT2D eigenvalue weighted by atomic mass is 32.1. The summed E-state index contributed by atoms with van der Waals surface area (Å²) in [5.41, 5.74) is 1.73. The summed E-state index contributed by atoms with van der Waals surface area (Å²) < 4.78 is 9.39. The number of anilines is 1. The Morgan fingerprint density at radius 2 is 2.08 bits per heavy atom. The Morgan fingerprint density at radius 1 is 1.25 bits per heavy atom. The fourth-order valence-electron chi connectivity index (χ4n) is 2.88. The second kappa shape index (κ2) is 6.45. The molecule has 0 aliphatic carbocycles. The van der Waals surface area contributed by atoms with Gasteiger partial charge >= 0.3 is 0 Å². The summed E-state index contributed by atoms with van der Waals surface area (Å²) in [6.07, 6.45) is 2.71. The molecule has 1 aliphatic rings. The maximum atomic E-state index is 12.8. The van der Waals surface area contributed by atoms with Crippen LogP contribution in [0.5, 0.6) is 0 Å². The molecule has 1 aromatic carbocycles. The Bertz CT molecular complexity index is 853. The topological polar surface area (TPSA) is 62.2 Å². The third kappa shape index (κ3) is 2.87. The molecule has 2 aromatic heterocycles. The molecule has 0 atom stereocenters. The highest BCUT2D eigenvalue weighted by Crippen LogP contribution is 2.24. The number of carbonyl (C=O) groups excluding carboxylic acids is 1. The highest BCUT2D eigenvalue weighted by molar-refractivity contribution is 7.18. The molecule has 124 valence electrons. The van der Waals surface area contributed by atoms with Crippen molar-refractivity contribution in [1.82, 2.24) is 18.6 Å². The average Bonchev–Trinajstić information content (AvgIpc) is 3.29.